The molecule has 0 aliphatic heterocycles. The van der Waals surface area contributed by atoms with Crippen LogP contribution in [0, 0.1) is 18.3 Å². The van der Waals surface area contributed by atoms with Gasteiger partial charge in [0.1, 0.15) is 17.4 Å². The van der Waals surface area contributed by atoms with E-state index in [1.54, 1.807) is 7.11 Å². The molecule has 0 aromatic heterocycles. The molecule has 0 heterocycles. The molecule has 0 aliphatic carbocycles. The van der Waals surface area contributed by atoms with Crippen LogP contribution in [0.5, 0.6) is 5.75 Å². The van der Waals surface area contributed by atoms with Crippen molar-refractivity contribution in [3.05, 3.63) is 70.9 Å². The molecule has 146 valence electrons. The third-order valence-electron chi connectivity index (χ3n) is 4.51. The highest BCUT2D eigenvalue weighted by Gasteiger charge is 2.11. The molecule has 0 saturated heterocycles. The van der Waals surface area contributed by atoms with E-state index in [2.05, 4.69) is 30.5 Å². The summed E-state index contributed by atoms with van der Waals surface area (Å²) >= 11 is 0. The zero-order valence-corrected chi connectivity index (χ0v) is 16.9. The van der Waals surface area contributed by atoms with Gasteiger partial charge in [0.25, 0.3) is 5.91 Å². The van der Waals surface area contributed by atoms with E-state index in [-0.39, 0.29) is 11.5 Å². The lowest BCUT2D eigenvalue weighted by Crippen LogP contribution is -2.27. The summed E-state index contributed by atoms with van der Waals surface area (Å²) in [5.41, 5.74) is 4.29. The number of ether oxygens (including phenoxy) is 1. The Bertz CT molecular complexity index is 878. The van der Waals surface area contributed by atoms with Gasteiger partial charge in [-0.3, -0.25) is 4.79 Å². The summed E-state index contributed by atoms with van der Waals surface area (Å²) in [4.78, 5) is 12.3. The minimum absolute atomic E-state index is 0.0488. The van der Waals surface area contributed by atoms with E-state index in [1.807, 2.05) is 49.4 Å². The SMILES string of the molecule is COc1ccc(CCNC(=O)/C(C#N)=C\Nc2c(C)cccc2C(C)C)cc1. The number of aryl methyl sites for hydroxylation is 1. The Labute approximate surface area is 167 Å². The van der Waals surface area contributed by atoms with Crippen molar-refractivity contribution >= 4 is 11.6 Å². The second-order valence-electron chi connectivity index (χ2n) is 6.86. The summed E-state index contributed by atoms with van der Waals surface area (Å²) in [7, 11) is 1.63. The lowest BCUT2D eigenvalue weighted by molar-refractivity contribution is -0.117. The van der Waals surface area contributed by atoms with E-state index in [1.165, 1.54) is 6.20 Å². The number of rotatable bonds is 8. The minimum atomic E-state index is -0.386. The Morgan fingerprint density at radius 3 is 2.54 bits per heavy atom. The highest BCUT2D eigenvalue weighted by molar-refractivity contribution is 5.97. The maximum atomic E-state index is 12.3. The summed E-state index contributed by atoms with van der Waals surface area (Å²) < 4.78 is 5.13. The van der Waals surface area contributed by atoms with Gasteiger partial charge in [0.2, 0.25) is 0 Å². The van der Waals surface area contributed by atoms with Crippen molar-refractivity contribution in [1.82, 2.24) is 5.32 Å². The van der Waals surface area contributed by atoms with Crippen LogP contribution in [0.3, 0.4) is 0 Å². The molecule has 2 rings (SSSR count). The first-order valence-electron chi connectivity index (χ1n) is 9.33. The van der Waals surface area contributed by atoms with Crippen LogP contribution in [0.2, 0.25) is 0 Å². The third kappa shape index (κ3) is 5.62. The number of amides is 1. The normalized spacial score (nSPS) is 11.1. The van der Waals surface area contributed by atoms with E-state index >= 15 is 0 Å². The molecule has 0 aliphatic rings. The molecule has 28 heavy (non-hydrogen) atoms. The molecule has 1 amide bonds. The smallest absolute Gasteiger partial charge is 0.263 e. The van der Waals surface area contributed by atoms with Crippen molar-refractivity contribution in [2.75, 3.05) is 19.0 Å². The van der Waals surface area contributed by atoms with E-state index in [9.17, 15) is 10.1 Å². The van der Waals surface area contributed by atoms with Crippen LogP contribution >= 0.6 is 0 Å². The number of benzene rings is 2. The molecule has 5 heteroatoms. The quantitative estimate of drug-likeness (QED) is 0.531. The number of nitrogens with zero attached hydrogens (tertiary/aromatic N) is 1. The number of nitriles is 1. The molecule has 0 spiro atoms. The minimum Gasteiger partial charge on any atom is -0.497 e. The molecular weight excluding hydrogens is 350 g/mol. The predicted octanol–water partition coefficient (Wildman–Crippen LogP) is 4.31. The zero-order valence-electron chi connectivity index (χ0n) is 16.9. The van der Waals surface area contributed by atoms with Gasteiger partial charge in [0.15, 0.2) is 0 Å². The fourth-order valence-electron chi connectivity index (χ4n) is 2.87. The number of carbonyl (C=O) groups is 1. The van der Waals surface area contributed by atoms with E-state index < -0.39 is 0 Å². The van der Waals surface area contributed by atoms with Gasteiger partial charge in [-0.25, -0.2) is 0 Å². The van der Waals surface area contributed by atoms with Gasteiger partial charge in [-0.05, 0) is 48.1 Å². The average molecular weight is 377 g/mol. The van der Waals surface area contributed by atoms with Crippen molar-refractivity contribution in [2.45, 2.75) is 33.1 Å². The van der Waals surface area contributed by atoms with Crippen LogP contribution in [0.1, 0.15) is 36.5 Å². The van der Waals surface area contributed by atoms with Crippen molar-refractivity contribution in [1.29, 1.82) is 5.26 Å². The van der Waals surface area contributed by atoms with Crippen LogP contribution in [-0.4, -0.2) is 19.6 Å². The molecule has 5 nitrogen and oxygen atoms in total. The Morgan fingerprint density at radius 2 is 1.93 bits per heavy atom. The van der Waals surface area contributed by atoms with Crippen LogP contribution < -0.4 is 15.4 Å². The summed E-state index contributed by atoms with van der Waals surface area (Å²) in [6.45, 7) is 6.68. The van der Waals surface area contributed by atoms with Crippen molar-refractivity contribution in [3.63, 3.8) is 0 Å². The number of carbonyl (C=O) groups excluding carboxylic acids is 1. The second kappa shape index (κ2) is 10.2. The van der Waals surface area contributed by atoms with Gasteiger partial charge in [0.05, 0.1) is 7.11 Å². The van der Waals surface area contributed by atoms with Crippen molar-refractivity contribution in [2.24, 2.45) is 0 Å². The lowest BCUT2D eigenvalue weighted by atomic mass is 9.98. The fraction of sp³-hybridized carbons (Fsp3) is 0.304. The molecule has 2 N–H and O–H groups in total. The molecule has 0 radical (unpaired) electrons. The van der Waals surface area contributed by atoms with Gasteiger partial charge >= 0.3 is 0 Å². The molecular formula is C23H27N3O2. The zero-order chi connectivity index (χ0) is 20.5. The third-order valence-corrected chi connectivity index (χ3v) is 4.51. The first-order chi connectivity index (χ1) is 13.5. The number of methoxy groups -OCH3 is 1. The van der Waals surface area contributed by atoms with Crippen molar-refractivity contribution < 1.29 is 9.53 Å². The predicted molar refractivity (Wildman–Crippen MR) is 112 cm³/mol. The molecule has 2 aromatic rings. The van der Waals surface area contributed by atoms with E-state index in [0.717, 1.165) is 28.1 Å². The summed E-state index contributed by atoms with van der Waals surface area (Å²) in [5, 5.41) is 15.3. The van der Waals surface area contributed by atoms with Crippen LogP contribution in [-0.2, 0) is 11.2 Å². The summed E-state index contributed by atoms with van der Waals surface area (Å²) in [5.74, 6) is 0.744. The fourth-order valence-corrected chi connectivity index (χ4v) is 2.87. The topological polar surface area (TPSA) is 74.1 Å². The van der Waals surface area contributed by atoms with Crippen molar-refractivity contribution in [3.8, 4) is 11.8 Å². The van der Waals surface area contributed by atoms with Crippen LogP contribution in [0.25, 0.3) is 0 Å². The van der Waals surface area contributed by atoms with Gasteiger partial charge in [-0.2, -0.15) is 5.26 Å². The second-order valence-corrected chi connectivity index (χ2v) is 6.86. The Morgan fingerprint density at radius 1 is 1.21 bits per heavy atom. The average Bonchev–Trinajstić information content (AvgIpc) is 2.69. The molecule has 0 fully saturated rings. The standard InChI is InChI=1S/C23H27N3O2/c1-16(2)21-7-5-6-17(3)22(21)26-15-19(14-24)23(27)25-13-12-18-8-10-20(28-4)11-9-18/h5-11,15-16,26H,12-13H2,1-4H3,(H,25,27)/b19-15-. The lowest BCUT2D eigenvalue weighted by Gasteiger charge is -2.15. The maximum absolute atomic E-state index is 12.3. The van der Waals surface area contributed by atoms with Gasteiger partial charge in [0, 0.05) is 18.4 Å². The Balaban J connectivity index is 1.98. The van der Waals surface area contributed by atoms with Gasteiger partial charge < -0.3 is 15.4 Å². The molecule has 0 atom stereocenters. The Hall–Kier alpha value is -3.26. The first kappa shape index (κ1) is 21.0. The molecule has 0 unspecified atom stereocenters. The molecule has 0 bridgehead atoms. The first-order valence-corrected chi connectivity index (χ1v) is 9.33. The molecule has 2 aromatic carbocycles. The van der Waals surface area contributed by atoms with Gasteiger partial charge in [-0.1, -0.05) is 44.2 Å². The van der Waals surface area contributed by atoms with Crippen LogP contribution in [0.15, 0.2) is 54.2 Å². The maximum Gasteiger partial charge on any atom is 0.263 e. The highest BCUT2D eigenvalue weighted by atomic mass is 16.5. The number of hydrogen-bond acceptors (Lipinski definition) is 4. The van der Waals surface area contributed by atoms with E-state index in [4.69, 9.17) is 4.74 Å². The highest BCUT2D eigenvalue weighted by Crippen LogP contribution is 2.27. The summed E-state index contributed by atoms with van der Waals surface area (Å²) in [6.07, 6.45) is 2.16. The van der Waals surface area contributed by atoms with Gasteiger partial charge in [-0.15, -0.1) is 0 Å². The molecule has 0 saturated carbocycles. The number of anilines is 1. The summed E-state index contributed by atoms with van der Waals surface area (Å²) in [6, 6.07) is 15.7. The number of para-hydroxylation sites is 1. The van der Waals surface area contributed by atoms with E-state index in [0.29, 0.717) is 18.9 Å². The Kier molecular flexibility index (Phi) is 7.65. The number of nitrogens with one attached hydrogen (secondary N) is 2. The monoisotopic (exact) mass is 377 g/mol. The van der Waals surface area contributed by atoms with Crippen LogP contribution in [0.4, 0.5) is 5.69 Å². The largest absolute Gasteiger partial charge is 0.497 e. The number of hydrogen-bond donors (Lipinski definition) is 2.